The lowest BCUT2D eigenvalue weighted by Crippen LogP contribution is -2.53. The van der Waals surface area contributed by atoms with Crippen molar-refractivity contribution in [3.63, 3.8) is 0 Å². The Kier molecular flexibility index (Phi) is 7.48. The molecular weight excluding hydrogens is 349 g/mol. The van der Waals surface area contributed by atoms with Gasteiger partial charge in [-0.2, -0.15) is 26.3 Å². The van der Waals surface area contributed by atoms with Gasteiger partial charge in [0.05, 0.1) is 12.4 Å². The Bertz CT molecular complexity index is 404. The van der Waals surface area contributed by atoms with Crippen molar-refractivity contribution in [2.45, 2.75) is 24.4 Å². The minimum Gasteiger partial charge on any atom is -0.460 e. The number of hydrogen-bond donors (Lipinski definition) is 0. The molecule has 0 rings (SSSR count). The van der Waals surface area contributed by atoms with Gasteiger partial charge in [0.1, 0.15) is 6.61 Å². The van der Waals surface area contributed by atoms with Crippen LogP contribution in [0.4, 0.5) is 30.7 Å². The lowest BCUT2D eigenvalue weighted by molar-refractivity contribution is -0.341. The zero-order valence-corrected chi connectivity index (χ0v) is 11.6. The second-order valence-electron chi connectivity index (χ2n) is 3.75. The fourth-order valence-corrected chi connectivity index (χ4v) is 1.87. The van der Waals surface area contributed by atoms with E-state index in [1.807, 2.05) is 0 Å². The SMILES string of the molecule is C=CC(=O)OCCOS(=O)CCC(F)(C(F)(F)F)C(F)(F)F. The highest BCUT2D eigenvalue weighted by molar-refractivity contribution is 7.80. The van der Waals surface area contributed by atoms with Gasteiger partial charge in [0, 0.05) is 12.5 Å². The molecular formula is C10H11F7O4S. The highest BCUT2D eigenvalue weighted by atomic mass is 32.2. The van der Waals surface area contributed by atoms with Crippen LogP contribution in [-0.2, 0) is 24.8 Å². The number of carbonyl (C=O) groups excluding carboxylic acids is 1. The summed E-state index contributed by atoms with van der Waals surface area (Å²) in [6.07, 6.45) is -13.7. The van der Waals surface area contributed by atoms with E-state index in [2.05, 4.69) is 15.5 Å². The Morgan fingerprint density at radius 2 is 1.55 bits per heavy atom. The maximum atomic E-state index is 13.2. The zero-order valence-electron chi connectivity index (χ0n) is 10.8. The molecule has 0 heterocycles. The molecule has 22 heavy (non-hydrogen) atoms. The first-order chi connectivity index (χ1) is 9.85. The molecule has 0 radical (unpaired) electrons. The van der Waals surface area contributed by atoms with Gasteiger partial charge in [-0.25, -0.2) is 13.4 Å². The summed E-state index contributed by atoms with van der Waals surface area (Å²) in [6.45, 7) is 2.05. The summed E-state index contributed by atoms with van der Waals surface area (Å²) in [7, 11) is 0. The largest absolute Gasteiger partial charge is 0.460 e. The van der Waals surface area contributed by atoms with Gasteiger partial charge in [-0.05, 0) is 0 Å². The average Bonchev–Trinajstić information content (AvgIpc) is 2.37. The Morgan fingerprint density at radius 1 is 1.05 bits per heavy atom. The van der Waals surface area contributed by atoms with Crippen LogP contribution in [0.3, 0.4) is 0 Å². The molecule has 0 aliphatic heterocycles. The number of carbonyl (C=O) groups is 1. The number of esters is 1. The van der Waals surface area contributed by atoms with E-state index in [0.717, 1.165) is 6.08 Å². The first kappa shape index (κ1) is 20.8. The monoisotopic (exact) mass is 360 g/mol. The van der Waals surface area contributed by atoms with Crippen molar-refractivity contribution in [3.8, 4) is 0 Å². The van der Waals surface area contributed by atoms with Gasteiger partial charge in [-0.15, -0.1) is 0 Å². The van der Waals surface area contributed by atoms with Crippen LogP contribution in [0.25, 0.3) is 0 Å². The van der Waals surface area contributed by atoms with Crippen LogP contribution in [-0.4, -0.2) is 47.2 Å². The number of rotatable bonds is 8. The van der Waals surface area contributed by atoms with Gasteiger partial charge in [0.25, 0.3) is 5.67 Å². The van der Waals surface area contributed by atoms with Crippen molar-refractivity contribution in [1.82, 2.24) is 0 Å². The van der Waals surface area contributed by atoms with E-state index < -0.39 is 60.5 Å². The summed E-state index contributed by atoms with van der Waals surface area (Å²) >= 11 is -2.61. The zero-order chi connectivity index (χ0) is 17.6. The maximum Gasteiger partial charge on any atom is 0.431 e. The first-order valence-corrected chi connectivity index (χ1v) is 6.72. The molecule has 0 spiro atoms. The molecule has 130 valence electrons. The van der Waals surface area contributed by atoms with Crippen LogP contribution >= 0.6 is 0 Å². The van der Waals surface area contributed by atoms with Crippen LogP contribution in [0.2, 0.25) is 0 Å². The maximum absolute atomic E-state index is 13.2. The predicted octanol–water partition coefficient (Wildman–Crippen LogP) is 2.62. The van der Waals surface area contributed by atoms with E-state index in [1.54, 1.807) is 0 Å². The van der Waals surface area contributed by atoms with Crippen molar-refractivity contribution in [3.05, 3.63) is 12.7 Å². The Morgan fingerprint density at radius 3 is 1.95 bits per heavy atom. The van der Waals surface area contributed by atoms with Gasteiger partial charge in [-0.1, -0.05) is 6.58 Å². The van der Waals surface area contributed by atoms with Crippen LogP contribution in [0.5, 0.6) is 0 Å². The van der Waals surface area contributed by atoms with Gasteiger partial charge < -0.3 is 4.74 Å². The molecule has 0 amide bonds. The van der Waals surface area contributed by atoms with Crippen LogP contribution in [0.15, 0.2) is 12.7 Å². The standard InChI is InChI=1S/C10H11F7O4S/c1-2-7(18)20-4-5-21-22(19)6-3-8(11,9(12,13)14)10(15,16)17/h2H,1,3-6H2. The minimum absolute atomic E-state index is 0.449. The summed E-state index contributed by atoms with van der Waals surface area (Å²) in [6, 6.07) is 0. The molecule has 0 aromatic heterocycles. The topological polar surface area (TPSA) is 52.6 Å². The van der Waals surface area contributed by atoms with Crippen molar-refractivity contribution in [1.29, 1.82) is 0 Å². The Hall–Kier alpha value is -1.17. The molecule has 1 unspecified atom stereocenters. The number of halogens is 7. The fourth-order valence-electron chi connectivity index (χ4n) is 1.06. The van der Waals surface area contributed by atoms with Crippen molar-refractivity contribution < 1.29 is 48.7 Å². The molecule has 0 bridgehead atoms. The second kappa shape index (κ2) is 7.90. The summed E-state index contributed by atoms with van der Waals surface area (Å²) in [5, 5.41) is 0. The Labute approximate surface area is 122 Å². The fraction of sp³-hybridized carbons (Fsp3) is 0.700. The summed E-state index contributed by atoms with van der Waals surface area (Å²) in [5.74, 6) is -2.20. The molecule has 0 fully saturated rings. The van der Waals surface area contributed by atoms with E-state index in [1.165, 1.54) is 0 Å². The third kappa shape index (κ3) is 5.91. The van der Waals surface area contributed by atoms with E-state index >= 15 is 0 Å². The smallest absolute Gasteiger partial charge is 0.431 e. The summed E-state index contributed by atoms with van der Waals surface area (Å²) < 4.78 is 106. The molecule has 0 saturated heterocycles. The molecule has 0 aliphatic rings. The third-order valence-electron chi connectivity index (χ3n) is 2.22. The molecule has 12 heteroatoms. The van der Waals surface area contributed by atoms with Gasteiger partial charge in [-0.3, -0.25) is 4.18 Å². The first-order valence-electron chi connectivity index (χ1n) is 5.48. The number of alkyl halides is 7. The van der Waals surface area contributed by atoms with E-state index in [-0.39, 0.29) is 0 Å². The van der Waals surface area contributed by atoms with E-state index in [4.69, 9.17) is 0 Å². The summed E-state index contributed by atoms with van der Waals surface area (Å²) in [4.78, 5) is 10.6. The van der Waals surface area contributed by atoms with Gasteiger partial charge >= 0.3 is 18.3 Å². The average molecular weight is 360 g/mol. The van der Waals surface area contributed by atoms with Crippen molar-refractivity contribution in [2.24, 2.45) is 0 Å². The normalized spacial score (nSPS) is 14.5. The molecule has 0 saturated carbocycles. The van der Waals surface area contributed by atoms with E-state index in [9.17, 15) is 39.7 Å². The highest BCUT2D eigenvalue weighted by Gasteiger charge is 2.72. The third-order valence-corrected chi connectivity index (χ3v) is 3.19. The van der Waals surface area contributed by atoms with Crippen molar-refractivity contribution >= 4 is 17.0 Å². The minimum atomic E-state index is -6.20. The second-order valence-corrected chi connectivity index (χ2v) is 5.00. The van der Waals surface area contributed by atoms with Crippen LogP contribution < -0.4 is 0 Å². The molecule has 1 atom stereocenters. The molecule has 4 nitrogen and oxygen atoms in total. The van der Waals surface area contributed by atoms with Gasteiger partial charge in [0.15, 0.2) is 11.1 Å². The molecule has 0 aliphatic carbocycles. The lowest BCUT2D eigenvalue weighted by atomic mass is 10.0. The quantitative estimate of drug-likeness (QED) is 0.289. The van der Waals surface area contributed by atoms with Crippen LogP contribution in [0.1, 0.15) is 6.42 Å². The summed E-state index contributed by atoms with van der Waals surface area (Å²) in [5.41, 5.74) is -5.48. The van der Waals surface area contributed by atoms with E-state index in [0.29, 0.717) is 0 Å². The highest BCUT2D eigenvalue weighted by Crippen LogP contribution is 2.48. The predicted molar refractivity (Wildman–Crippen MR) is 60.7 cm³/mol. The lowest BCUT2D eigenvalue weighted by Gasteiger charge is -2.29. The Balaban J connectivity index is 4.42. The number of hydrogen-bond acceptors (Lipinski definition) is 4. The molecule has 0 aromatic carbocycles. The van der Waals surface area contributed by atoms with Crippen LogP contribution in [0, 0.1) is 0 Å². The van der Waals surface area contributed by atoms with Crippen molar-refractivity contribution in [2.75, 3.05) is 19.0 Å². The van der Waals surface area contributed by atoms with Gasteiger partial charge in [0.2, 0.25) is 0 Å². The molecule has 0 N–H and O–H groups in total. The molecule has 0 aromatic rings. The number of ether oxygens (including phenoxy) is 1.